The van der Waals surface area contributed by atoms with Crippen LogP contribution in [0.3, 0.4) is 0 Å². The van der Waals surface area contributed by atoms with E-state index in [-0.39, 0.29) is 5.38 Å². The Balaban J connectivity index is 2.45. The molecule has 0 saturated heterocycles. The van der Waals surface area contributed by atoms with E-state index in [4.69, 9.17) is 11.6 Å². The zero-order valence-corrected chi connectivity index (χ0v) is 10.2. The summed E-state index contributed by atoms with van der Waals surface area (Å²) < 4.78 is 2.01. The molecule has 0 amide bonds. The Morgan fingerprint density at radius 3 is 3.07 bits per heavy atom. The van der Waals surface area contributed by atoms with Crippen LogP contribution in [-0.2, 0) is 6.54 Å². The zero-order chi connectivity index (χ0) is 10.4. The van der Waals surface area contributed by atoms with Gasteiger partial charge >= 0.3 is 0 Å². The molecular formula is C9H16ClN3S. The van der Waals surface area contributed by atoms with E-state index in [1.807, 2.05) is 11.5 Å². The summed E-state index contributed by atoms with van der Waals surface area (Å²) >= 11 is 7.67. The molecule has 1 atom stereocenters. The number of aromatic nitrogens is 3. The SMILES string of the molecule is CCCCSc1nncn1CC(C)Cl. The van der Waals surface area contributed by atoms with Crippen LogP contribution < -0.4 is 0 Å². The minimum Gasteiger partial charge on any atom is -0.307 e. The Kier molecular flexibility index (Phi) is 5.33. The number of alkyl halides is 1. The summed E-state index contributed by atoms with van der Waals surface area (Å²) in [7, 11) is 0. The Hall–Kier alpha value is -0.220. The van der Waals surface area contributed by atoms with Crippen molar-refractivity contribution in [2.45, 2.75) is 43.8 Å². The first-order valence-electron chi connectivity index (χ1n) is 4.88. The van der Waals surface area contributed by atoms with Gasteiger partial charge < -0.3 is 4.57 Å². The highest BCUT2D eigenvalue weighted by atomic mass is 35.5. The van der Waals surface area contributed by atoms with E-state index >= 15 is 0 Å². The van der Waals surface area contributed by atoms with Gasteiger partial charge in [-0.25, -0.2) is 0 Å². The van der Waals surface area contributed by atoms with E-state index in [0.29, 0.717) is 0 Å². The van der Waals surface area contributed by atoms with Crippen molar-refractivity contribution in [3.63, 3.8) is 0 Å². The molecule has 5 heteroatoms. The number of thioether (sulfide) groups is 1. The van der Waals surface area contributed by atoms with Gasteiger partial charge in [0.2, 0.25) is 0 Å². The first-order valence-corrected chi connectivity index (χ1v) is 6.31. The van der Waals surface area contributed by atoms with Gasteiger partial charge in [-0.3, -0.25) is 0 Å². The molecule has 0 fully saturated rings. The molecule has 0 bridgehead atoms. The third-order valence-corrected chi connectivity index (χ3v) is 2.96. The molecule has 0 radical (unpaired) electrons. The van der Waals surface area contributed by atoms with Crippen molar-refractivity contribution in [1.82, 2.24) is 14.8 Å². The second-order valence-corrected chi connectivity index (χ2v) is 5.06. The molecule has 1 aromatic heterocycles. The van der Waals surface area contributed by atoms with Gasteiger partial charge in [-0.05, 0) is 13.3 Å². The lowest BCUT2D eigenvalue weighted by Gasteiger charge is -2.06. The maximum absolute atomic E-state index is 5.92. The Bertz CT molecular complexity index is 262. The minimum absolute atomic E-state index is 0.122. The Morgan fingerprint density at radius 2 is 2.43 bits per heavy atom. The zero-order valence-electron chi connectivity index (χ0n) is 8.61. The van der Waals surface area contributed by atoms with Crippen LogP contribution in [0, 0.1) is 0 Å². The molecule has 0 aromatic carbocycles. The number of nitrogens with zero attached hydrogens (tertiary/aromatic N) is 3. The Labute approximate surface area is 94.2 Å². The second kappa shape index (κ2) is 6.30. The maximum atomic E-state index is 5.92. The van der Waals surface area contributed by atoms with Crippen molar-refractivity contribution >= 4 is 23.4 Å². The normalized spacial score (nSPS) is 13.1. The standard InChI is InChI=1S/C9H16ClN3S/c1-3-4-5-14-9-12-11-7-13(9)6-8(2)10/h7-8H,3-6H2,1-2H3. The van der Waals surface area contributed by atoms with Gasteiger partial charge in [-0.1, -0.05) is 25.1 Å². The molecule has 14 heavy (non-hydrogen) atoms. The van der Waals surface area contributed by atoms with Gasteiger partial charge in [0.1, 0.15) is 6.33 Å². The van der Waals surface area contributed by atoms with Crippen molar-refractivity contribution in [2.24, 2.45) is 0 Å². The summed E-state index contributed by atoms with van der Waals surface area (Å²) in [6, 6.07) is 0. The molecule has 1 rings (SSSR count). The van der Waals surface area contributed by atoms with E-state index in [1.165, 1.54) is 12.8 Å². The summed E-state index contributed by atoms with van der Waals surface area (Å²) in [5.74, 6) is 1.10. The van der Waals surface area contributed by atoms with Crippen LogP contribution in [-0.4, -0.2) is 25.9 Å². The van der Waals surface area contributed by atoms with Crippen LogP contribution in [0.2, 0.25) is 0 Å². The fourth-order valence-corrected chi connectivity index (χ4v) is 2.22. The van der Waals surface area contributed by atoms with Crippen LogP contribution in [0.4, 0.5) is 0 Å². The molecule has 0 spiro atoms. The highest BCUT2D eigenvalue weighted by Gasteiger charge is 2.06. The van der Waals surface area contributed by atoms with Gasteiger partial charge in [0.15, 0.2) is 5.16 Å². The summed E-state index contributed by atoms with van der Waals surface area (Å²) in [5, 5.41) is 9.05. The average Bonchev–Trinajstić information content (AvgIpc) is 2.52. The van der Waals surface area contributed by atoms with E-state index in [0.717, 1.165) is 17.5 Å². The number of rotatable bonds is 6. The van der Waals surface area contributed by atoms with Gasteiger partial charge in [-0.2, -0.15) is 0 Å². The van der Waals surface area contributed by atoms with Crippen molar-refractivity contribution in [3.8, 4) is 0 Å². The van der Waals surface area contributed by atoms with Crippen LogP contribution in [0.15, 0.2) is 11.5 Å². The highest BCUT2D eigenvalue weighted by Crippen LogP contribution is 2.17. The van der Waals surface area contributed by atoms with E-state index in [1.54, 1.807) is 18.1 Å². The summed E-state index contributed by atoms with van der Waals surface area (Å²) in [5.41, 5.74) is 0. The van der Waals surface area contributed by atoms with Crippen molar-refractivity contribution < 1.29 is 0 Å². The minimum atomic E-state index is 0.122. The van der Waals surface area contributed by atoms with Crippen LogP contribution in [0.25, 0.3) is 0 Å². The molecule has 0 N–H and O–H groups in total. The molecular weight excluding hydrogens is 218 g/mol. The molecule has 0 aliphatic carbocycles. The fourth-order valence-electron chi connectivity index (χ4n) is 1.06. The van der Waals surface area contributed by atoms with Gasteiger partial charge in [0, 0.05) is 17.7 Å². The molecule has 0 aliphatic heterocycles. The van der Waals surface area contributed by atoms with Crippen LogP contribution >= 0.6 is 23.4 Å². The summed E-state index contributed by atoms with van der Waals surface area (Å²) in [6.07, 6.45) is 4.17. The van der Waals surface area contributed by atoms with Crippen LogP contribution in [0.5, 0.6) is 0 Å². The molecule has 3 nitrogen and oxygen atoms in total. The highest BCUT2D eigenvalue weighted by molar-refractivity contribution is 7.99. The van der Waals surface area contributed by atoms with Crippen molar-refractivity contribution in [2.75, 3.05) is 5.75 Å². The predicted molar refractivity (Wildman–Crippen MR) is 61.0 cm³/mol. The predicted octanol–water partition coefficient (Wildman–Crippen LogP) is 2.80. The van der Waals surface area contributed by atoms with E-state index in [9.17, 15) is 0 Å². The summed E-state index contributed by atoms with van der Waals surface area (Å²) in [6.45, 7) is 4.94. The fraction of sp³-hybridized carbons (Fsp3) is 0.778. The monoisotopic (exact) mass is 233 g/mol. The molecule has 0 saturated carbocycles. The second-order valence-electron chi connectivity index (χ2n) is 3.25. The number of hydrogen-bond acceptors (Lipinski definition) is 3. The van der Waals surface area contributed by atoms with E-state index in [2.05, 4.69) is 17.1 Å². The molecule has 1 heterocycles. The third kappa shape index (κ3) is 3.88. The van der Waals surface area contributed by atoms with Crippen molar-refractivity contribution in [3.05, 3.63) is 6.33 Å². The third-order valence-electron chi connectivity index (χ3n) is 1.76. The van der Waals surface area contributed by atoms with Gasteiger partial charge in [-0.15, -0.1) is 21.8 Å². The summed E-state index contributed by atoms with van der Waals surface area (Å²) in [4.78, 5) is 0. The topological polar surface area (TPSA) is 30.7 Å². The first-order chi connectivity index (χ1) is 6.74. The average molecular weight is 234 g/mol. The van der Waals surface area contributed by atoms with Gasteiger partial charge in [0.25, 0.3) is 0 Å². The Morgan fingerprint density at radius 1 is 1.64 bits per heavy atom. The molecule has 1 aromatic rings. The van der Waals surface area contributed by atoms with Crippen LogP contribution in [0.1, 0.15) is 26.7 Å². The maximum Gasteiger partial charge on any atom is 0.191 e. The van der Waals surface area contributed by atoms with Gasteiger partial charge in [0.05, 0.1) is 0 Å². The molecule has 1 unspecified atom stereocenters. The quantitative estimate of drug-likeness (QED) is 0.430. The lowest BCUT2D eigenvalue weighted by atomic mass is 10.4. The molecule has 80 valence electrons. The van der Waals surface area contributed by atoms with Crippen molar-refractivity contribution in [1.29, 1.82) is 0 Å². The largest absolute Gasteiger partial charge is 0.307 e. The number of unbranched alkanes of at least 4 members (excludes halogenated alkanes) is 1. The number of halogens is 1. The number of hydrogen-bond donors (Lipinski definition) is 0. The lowest BCUT2D eigenvalue weighted by molar-refractivity contribution is 0.626. The lowest BCUT2D eigenvalue weighted by Crippen LogP contribution is -2.07. The first kappa shape index (κ1) is 11.9. The van der Waals surface area contributed by atoms with E-state index < -0.39 is 0 Å². The molecule has 0 aliphatic rings. The smallest absolute Gasteiger partial charge is 0.191 e.